The van der Waals surface area contributed by atoms with Crippen molar-refractivity contribution in [3.05, 3.63) is 41.7 Å². The number of amides is 1. The molecule has 0 unspecified atom stereocenters. The number of aryl methyl sites for hydroxylation is 1. The number of fused-ring (bicyclic) bond motifs is 1. The maximum absolute atomic E-state index is 13.2. The number of carbonyl (C=O) groups excluding carboxylic acids is 1. The molecule has 1 saturated heterocycles. The number of nitrogens with one attached hydrogen (secondary N) is 2. The lowest BCUT2D eigenvalue weighted by molar-refractivity contribution is 0.0718. The predicted molar refractivity (Wildman–Crippen MR) is 169 cm³/mol. The van der Waals surface area contributed by atoms with E-state index in [1.807, 2.05) is 23.4 Å². The van der Waals surface area contributed by atoms with Crippen LogP contribution in [0.25, 0.3) is 11.2 Å². The van der Waals surface area contributed by atoms with E-state index >= 15 is 0 Å². The fourth-order valence-corrected chi connectivity index (χ4v) is 6.97. The van der Waals surface area contributed by atoms with Crippen LogP contribution in [0, 0.1) is 0 Å². The largest absolute Gasteiger partial charge is 0.365 e. The van der Waals surface area contributed by atoms with E-state index < -0.39 is 0 Å². The Bertz CT molecular complexity index is 1320. The van der Waals surface area contributed by atoms with Gasteiger partial charge in [0.1, 0.15) is 0 Å². The smallest absolute Gasteiger partial charge is 0.253 e. The molecule has 0 radical (unpaired) electrons. The number of hydrogen-bond donors (Lipinski definition) is 3. The molecule has 1 aromatic carbocycles. The molecule has 3 fully saturated rings. The quantitative estimate of drug-likeness (QED) is 0.253. The number of rotatable bonds is 10. The highest BCUT2D eigenvalue weighted by Crippen LogP contribution is 2.34. The summed E-state index contributed by atoms with van der Waals surface area (Å²) in [5, 5.41) is 7.34. The van der Waals surface area contributed by atoms with Crippen LogP contribution in [-0.2, 0) is 6.42 Å². The summed E-state index contributed by atoms with van der Waals surface area (Å²) in [4.78, 5) is 30.0. The van der Waals surface area contributed by atoms with Crippen LogP contribution in [-0.4, -0.2) is 61.5 Å². The fourth-order valence-electron chi connectivity index (χ4n) is 6.97. The minimum atomic E-state index is 0.131. The molecule has 42 heavy (non-hydrogen) atoms. The van der Waals surface area contributed by atoms with Gasteiger partial charge in [-0.1, -0.05) is 44.7 Å². The summed E-state index contributed by atoms with van der Waals surface area (Å²) in [6, 6.07) is 9.58. The maximum Gasteiger partial charge on any atom is 0.253 e. The number of hydrogen-bond acceptors (Lipinski definition) is 7. The van der Waals surface area contributed by atoms with Crippen LogP contribution >= 0.6 is 0 Å². The Morgan fingerprint density at radius 2 is 1.62 bits per heavy atom. The zero-order valence-corrected chi connectivity index (χ0v) is 25.2. The lowest BCUT2D eigenvalue weighted by Gasteiger charge is -2.33. The van der Waals surface area contributed by atoms with Gasteiger partial charge in [-0.05, 0) is 81.9 Å². The Morgan fingerprint density at radius 3 is 2.33 bits per heavy atom. The normalized spacial score (nSPS) is 22.1. The van der Waals surface area contributed by atoms with E-state index in [9.17, 15) is 4.79 Å². The highest BCUT2D eigenvalue weighted by atomic mass is 16.2. The van der Waals surface area contributed by atoms with Gasteiger partial charge in [0.2, 0.25) is 5.95 Å². The van der Waals surface area contributed by atoms with Gasteiger partial charge >= 0.3 is 0 Å². The first-order chi connectivity index (χ1) is 20.6. The first-order valence-corrected chi connectivity index (χ1v) is 16.5. The van der Waals surface area contributed by atoms with Gasteiger partial charge in [-0.15, -0.1) is 0 Å². The van der Waals surface area contributed by atoms with E-state index in [-0.39, 0.29) is 11.9 Å². The van der Waals surface area contributed by atoms with Crippen LogP contribution in [0.2, 0.25) is 0 Å². The van der Waals surface area contributed by atoms with Crippen LogP contribution in [0.1, 0.15) is 112 Å². The predicted octanol–water partition coefficient (Wildman–Crippen LogP) is 6.07. The summed E-state index contributed by atoms with van der Waals surface area (Å²) >= 11 is 0. The third kappa shape index (κ3) is 6.72. The number of aromatic nitrogens is 4. The van der Waals surface area contributed by atoms with Gasteiger partial charge in [0, 0.05) is 42.8 Å². The molecule has 2 aromatic heterocycles. The van der Waals surface area contributed by atoms with Crippen molar-refractivity contribution in [3.8, 4) is 0 Å². The average molecular weight is 573 g/mol. The first kappa shape index (κ1) is 28.9. The van der Waals surface area contributed by atoms with Gasteiger partial charge in [0.15, 0.2) is 17.0 Å². The van der Waals surface area contributed by atoms with Crippen LogP contribution < -0.4 is 16.4 Å². The minimum absolute atomic E-state index is 0.131. The lowest BCUT2D eigenvalue weighted by atomic mass is 9.92. The highest BCUT2D eigenvalue weighted by molar-refractivity contribution is 5.94. The Hall–Kier alpha value is -3.20. The SMILES string of the molecule is CCCCCc1ccc(C(=O)N2CCC(Nc3nc(N[C@H]4CC[C@H](N)CC4)nc4c3ncn4C3CCCC3)CC2)cc1. The number of likely N-dealkylation sites (tertiary alicyclic amines) is 1. The van der Waals surface area contributed by atoms with Crippen molar-refractivity contribution < 1.29 is 4.79 Å². The van der Waals surface area contributed by atoms with Crippen LogP contribution in [0.4, 0.5) is 11.8 Å². The van der Waals surface area contributed by atoms with Gasteiger partial charge < -0.3 is 25.8 Å². The number of nitrogens with two attached hydrogens (primary N) is 1. The van der Waals surface area contributed by atoms with Crippen LogP contribution in [0.5, 0.6) is 0 Å². The summed E-state index contributed by atoms with van der Waals surface area (Å²) in [5.74, 6) is 1.61. The molecule has 0 bridgehead atoms. The Kier molecular flexibility index (Phi) is 9.22. The molecule has 3 heterocycles. The fraction of sp³-hybridized carbons (Fsp3) is 0.636. The number of anilines is 2. The van der Waals surface area contributed by atoms with E-state index in [0.717, 1.165) is 80.6 Å². The zero-order valence-electron chi connectivity index (χ0n) is 25.2. The second-order valence-corrected chi connectivity index (χ2v) is 12.8. The number of imidazole rings is 1. The molecular weight excluding hydrogens is 524 g/mol. The third-order valence-electron chi connectivity index (χ3n) is 9.64. The van der Waals surface area contributed by atoms with Gasteiger partial charge in [0.05, 0.1) is 6.33 Å². The third-order valence-corrected chi connectivity index (χ3v) is 9.64. The molecule has 3 aromatic rings. The van der Waals surface area contributed by atoms with Crippen molar-refractivity contribution in [2.45, 2.75) is 121 Å². The molecule has 6 rings (SSSR count). The molecule has 9 nitrogen and oxygen atoms in total. The molecule has 0 spiro atoms. The minimum Gasteiger partial charge on any atom is -0.365 e. The van der Waals surface area contributed by atoms with Crippen molar-refractivity contribution in [2.75, 3.05) is 23.7 Å². The van der Waals surface area contributed by atoms with Gasteiger partial charge in [-0.25, -0.2) is 4.98 Å². The van der Waals surface area contributed by atoms with Crippen molar-refractivity contribution >= 4 is 28.8 Å². The number of nitrogens with zero attached hydrogens (tertiary/aromatic N) is 5. The number of benzene rings is 1. The van der Waals surface area contributed by atoms with E-state index in [1.54, 1.807) is 0 Å². The lowest BCUT2D eigenvalue weighted by Crippen LogP contribution is -2.42. The molecule has 4 N–H and O–H groups in total. The molecule has 9 heteroatoms. The van der Waals surface area contributed by atoms with E-state index in [2.05, 4.69) is 34.3 Å². The van der Waals surface area contributed by atoms with E-state index in [4.69, 9.17) is 20.7 Å². The van der Waals surface area contributed by atoms with Crippen molar-refractivity contribution in [3.63, 3.8) is 0 Å². The molecule has 1 amide bonds. The molecular formula is C33H48N8O. The van der Waals surface area contributed by atoms with Crippen molar-refractivity contribution in [1.82, 2.24) is 24.4 Å². The molecule has 226 valence electrons. The summed E-state index contributed by atoms with van der Waals surface area (Å²) < 4.78 is 2.27. The van der Waals surface area contributed by atoms with Gasteiger partial charge in [-0.2, -0.15) is 9.97 Å². The summed E-state index contributed by atoms with van der Waals surface area (Å²) in [6.45, 7) is 3.68. The molecule has 1 aliphatic heterocycles. The first-order valence-electron chi connectivity index (χ1n) is 16.5. The maximum atomic E-state index is 13.2. The number of carbonyl (C=O) groups is 1. The standard InChI is InChI=1S/C33H48N8O/c1-2-3-4-7-23-10-12-24(13-11-23)32(42)40-20-18-27(19-21-40)36-30-29-31(41(22-35-29)28-8-5-6-9-28)39-33(38-30)37-26-16-14-25(34)15-17-26/h10-13,22,25-28H,2-9,14-21,34H2,1H3,(H2,36,37,38,39)/t25-,26-. The summed E-state index contributed by atoms with van der Waals surface area (Å²) in [6.07, 6.45) is 17.5. The van der Waals surface area contributed by atoms with Crippen molar-refractivity contribution in [2.24, 2.45) is 5.73 Å². The highest BCUT2D eigenvalue weighted by Gasteiger charge is 2.27. The topological polar surface area (TPSA) is 114 Å². The summed E-state index contributed by atoms with van der Waals surface area (Å²) in [7, 11) is 0. The van der Waals surface area contributed by atoms with Crippen LogP contribution in [0.3, 0.4) is 0 Å². The van der Waals surface area contributed by atoms with E-state index in [1.165, 1.54) is 50.5 Å². The molecule has 2 aliphatic carbocycles. The molecule has 0 atom stereocenters. The molecule has 3 aliphatic rings. The number of piperidine rings is 1. The monoisotopic (exact) mass is 572 g/mol. The zero-order chi connectivity index (χ0) is 28.9. The van der Waals surface area contributed by atoms with E-state index in [0.29, 0.717) is 24.1 Å². The second kappa shape index (κ2) is 13.4. The Morgan fingerprint density at radius 1 is 0.905 bits per heavy atom. The van der Waals surface area contributed by atoms with Gasteiger partial charge in [-0.3, -0.25) is 4.79 Å². The van der Waals surface area contributed by atoms with Gasteiger partial charge in [0.25, 0.3) is 5.91 Å². The average Bonchev–Trinajstić information content (AvgIpc) is 3.69. The Balaban J connectivity index is 1.12. The number of unbranched alkanes of at least 4 members (excludes halogenated alkanes) is 2. The summed E-state index contributed by atoms with van der Waals surface area (Å²) in [5.41, 5.74) is 10.0. The Labute approximate surface area is 250 Å². The van der Waals surface area contributed by atoms with Crippen molar-refractivity contribution in [1.29, 1.82) is 0 Å². The van der Waals surface area contributed by atoms with Crippen LogP contribution in [0.15, 0.2) is 30.6 Å². The second-order valence-electron chi connectivity index (χ2n) is 12.8. The molecule has 2 saturated carbocycles.